The molecule has 2 heterocycles. The van der Waals surface area contributed by atoms with E-state index in [0.29, 0.717) is 12.8 Å². The fraction of sp³-hybridized carbons (Fsp3) is 0.500. The number of fused-ring (bicyclic) bond motifs is 1. The standard InChI is InChI=1S/C16H14F3NO3/c17-9-5-8(6-10(18)13(9)19)11-3-4-12-14(7-1-2-7)23-16(22)15(21)20(11)12/h5-7,11-12,14H,1-4H2. The number of morpholine rings is 1. The first-order chi connectivity index (χ1) is 11.0. The highest BCUT2D eigenvalue weighted by Gasteiger charge is 2.53. The Balaban J connectivity index is 1.70. The number of amides is 1. The van der Waals surface area contributed by atoms with E-state index in [1.165, 1.54) is 4.90 Å². The minimum atomic E-state index is -1.54. The van der Waals surface area contributed by atoms with Crippen LogP contribution in [0.3, 0.4) is 0 Å². The highest BCUT2D eigenvalue weighted by Crippen LogP contribution is 2.46. The smallest absolute Gasteiger partial charge is 0.397 e. The van der Waals surface area contributed by atoms with Gasteiger partial charge in [-0.1, -0.05) is 0 Å². The molecule has 3 fully saturated rings. The number of benzene rings is 1. The number of halogens is 3. The summed E-state index contributed by atoms with van der Waals surface area (Å²) in [5, 5.41) is 0. The number of ether oxygens (including phenoxy) is 1. The molecule has 1 aliphatic carbocycles. The molecule has 0 spiro atoms. The van der Waals surface area contributed by atoms with Gasteiger partial charge >= 0.3 is 11.9 Å². The second-order valence-corrected chi connectivity index (χ2v) is 6.38. The van der Waals surface area contributed by atoms with Crippen LogP contribution < -0.4 is 0 Å². The Morgan fingerprint density at radius 2 is 1.65 bits per heavy atom. The maximum Gasteiger partial charge on any atom is 0.397 e. The lowest BCUT2D eigenvalue weighted by Crippen LogP contribution is -2.55. The molecule has 23 heavy (non-hydrogen) atoms. The number of hydrogen-bond donors (Lipinski definition) is 0. The molecule has 0 aromatic heterocycles. The lowest BCUT2D eigenvalue weighted by Gasteiger charge is -2.38. The first-order valence-corrected chi connectivity index (χ1v) is 7.65. The van der Waals surface area contributed by atoms with Crippen LogP contribution >= 0.6 is 0 Å². The van der Waals surface area contributed by atoms with E-state index in [4.69, 9.17) is 4.74 Å². The topological polar surface area (TPSA) is 46.6 Å². The van der Waals surface area contributed by atoms with Gasteiger partial charge in [0.15, 0.2) is 17.5 Å². The van der Waals surface area contributed by atoms with Gasteiger partial charge in [-0.15, -0.1) is 0 Å². The number of nitrogens with zero attached hydrogens (tertiary/aromatic N) is 1. The van der Waals surface area contributed by atoms with E-state index in [9.17, 15) is 22.8 Å². The van der Waals surface area contributed by atoms with E-state index in [2.05, 4.69) is 0 Å². The molecule has 1 aromatic rings. The number of cyclic esters (lactones) is 1. The van der Waals surface area contributed by atoms with Gasteiger partial charge in [-0.25, -0.2) is 18.0 Å². The molecular formula is C16H14F3NO3. The van der Waals surface area contributed by atoms with Gasteiger partial charge in [0.05, 0.1) is 12.1 Å². The average Bonchev–Trinajstić information content (AvgIpc) is 3.26. The van der Waals surface area contributed by atoms with Crippen molar-refractivity contribution in [2.45, 2.75) is 43.9 Å². The molecule has 4 rings (SSSR count). The van der Waals surface area contributed by atoms with Gasteiger partial charge in [-0.3, -0.25) is 4.79 Å². The summed E-state index contributed by atoms with van der Waals surface area (Å²) in [6.07, 6.45) is 2.59. The molecule has 3 aliphatic rings. The number of hydrogen-bond acceptors (Lipinski definition) is 3. The van der Waals surface area contributed by atoms with Gasteiger partial charge in [-0.05, 0) is 49.3 Å². The second kappa shape index (κ2) is 4.97. The molecule has 7 heteroatoms. The maximum absolute atomic E-state index is 13.5. The highest BCUT2D eigenvalue weighted by atomic mass is 19.2. The number of carbonyl (C=O) groups excluding carboxylic acids is 2. The monoisotopic (exact) mass is 325 g/mol. The zero-order valence-corrected chi connectivity index (χ0v) is 12.1. The molecule has 2 aliphatic heterocycles. The van der Waals surface area contributed by atoms with Crippen LogP contribution in [0.25, 0.3) is 0 Å². The molecule has 2 saturated heterocycles. The van der Waals surface area contributed by atoms with Crippen LogP contribution in [0.2, 0.25) is 0 Å². The summed E-state index contributed by atoms with van der Waals surface area (Å²) in [6.45, 7) is 0. The molecule has 3 unspecified atom stereocenters. The SMILES string of the molecule is O=C1OC(C2CC2)C2CCC(c3cc(F)c(F)c(F)c3)N2C1=O. The summed E-state index contributed by atoms with van der Waals surface area (Å²) in [7, 11) is 0. The second-order valence-electron chi connectivity index (χ2n) is 6.38. The maximum atomic E-state index is 13.5. The van der Waals surface area contributed by atoms with Crippen LogP contribution in [-0.2, 0) is 14.3 Å². The average molecular weight is 325 g/mol. The third-order valence-corrected chi connectivity index (χ3v) is 4.94. The van der Waals surface area contributed by atoms with E-state index < -0.39 is 35.4 Å². The number of esters is 1. The largest absolute Gasteiger partial charge is 0.453 e. The van der Waals surface area contributed by atoms with Crippen molar-refractivity contribution in [1.29, 1.82) is 0 Å². The zero-order chi connectivity index (χ0) is 16.3. The predicted molar refractivity (Wildman–Crippen MR) is 71.5 cm³/mol. The van der Waals surface area contributed by atoms with Crippen molar-refractivity contribution >= 4 is 11.9 Å². The van der Waals surface area contributed by atoms with Crippen molar-refractivity contribution < 1.29 is 27.5 Å². The van der Waals surface area contributed by atoms with Crippen LogP contribution in [0.1, 0.15) is 37.3 Å². The van der Waals surface area contributed by atoms with Gasteiger partial charge in [0.2, 0.25) is 0 Å². The quantitative estimate of drug-likeness (QED) is 0.477. The van der Waals surface area contributed by atoms with E-state index in [0.717, 1.165) is 25.0 Å². The Bertz CT molecular complexity index is 681. The Morgan fingerprint density at radius 1 is 1.00 bits per heavy atom. The normalized spacial score (nSPS) is 30.4. The Kier molecular flexibility index (Phi) is 3.14. The first-order valence-electron chi connectivity index (χ1n) is 7.65. The fourth-order valence-electron chi connectivity index (χ4n) is 3.74. The van der Waals surface area contributed by atoms with Crippen molar-refractivity contribution in [3.05, 3.63) is 35.1 Å². The number of rotatable bonds is 2. The van der Waals surface area contributed by atoms with Crippen molar-refractivity contribution in [3.8, 4) is 0 Å². The molecule has 1 aromatic carbocycles. The van der Waals surface area contributed by atoms with Crippen LogP contribution in [0, 0.1) is 23.4 Å². The summed E-state index contributed by atoms with van der Waals surface area (Å²) in [5.74, 6) is -5.60. The van der Waals surface area contributed by atoms with Gasteiger partial charge < -0.3 is 9.64 Å². The predicted octanol–water partition coefficient (Wildman–Crippen LogP) is 2.47. The summed E-state index contributed by atoms with van der Waals surface area (Å²) >= 11 is 0. The molecule has 1 saturated carbocycles. The highest BCUT2D eigenvalue weighted by molar-refractivity contribution is 6.33. The molecule has 0 bridgehead atoms. The van der Waals surface area contributed by atoms with Crippen molar-refractivity contribution in [2.24, 2.45) is 5.92 Å². The third kappa shape index (κ3) is 2.21. The summed E-state index contributed by atoms with van der Waals surface area (Å²) < 4.78 is 45.4. The zero-order valence-electron chi connectivity index (χ0n) is 12.1. The van der Waals surface area contributed by atoms with Crippen LogP contribution in [0.5, 0.6) is 0 Å². The fourth-order valence-corrected chi connectivity index (χ4v) is 3.74. The minimum absolute atomic E-state index is 0.168. The molecule has 4 nitrogen and oxygen atoms in total. The van der Waals surface area contributed by atoms with Crippen LogP contribution in [0.4, 0.5) is 13.2 Å². The Labute approximate surface area is 130 Å². The molecule has 3 atom stereocenters. The van der Waals surface area contributed by atoms with Crippen molar-refractivity contribution in [1.82, 2.24) is 4.90 Å². The Hall–Kier alpha value is -2.05. The van der Waals surface area contributed by atoms with E-state index >= 15 is 0 Å². The van der Waals surface area contributed by atoms with Gasteiger partial charge in [0.25, 0.3) is 0 Å². The van der Waals surface area contributed by atoms with E-state index in [1.54, 1.807) is 0 Å². The van der Waals surface area contributed by atoms with Crippen molar-refractivity contribution in [3.63, 3.8) is 0 Å². The molecule has 0 radical (unpaired) electrons. The van der Waals surface area contributed by atoms with Gasteiger partial charge in [-0.2, -0.15) is 0 Å². The number of carbonyl (C=O) groups is 2. The molecular weight excluding hydrogens is 311 g/mol. The minimum Gasteiger partial charge on any atom is -0.453 e. The van der Waals surface area contributed by atoms with Gasteiger partial charge in [0.1, 0.15) is 6.10 Å². The Morgan fingerprint density at radius 3 is 2.26 bits per heavy atom. The molecule has 0 N–H and O–H groups in total. The lowest BCUT2D eigenvalue weighted by atomic mass is 10.0. The third-order valence-electron chi connectivity index (χ3n) is 4.94. The molecule has 1 amide bonds. The lowest BCUT2D eigenvalue weighted by molar-refractivity contribution is -0.179. The van der Waals surface area contributed by atoms with Crippen molar-refractivity contribution in [2.75, 3.05) is 0 Å². The summed E-state index contributed by atoms with van der Waals surface area (Å²) in [4.78, 5) is 25.4. The van der Waals surface area contributed by atoms with Gasteiger partial charge in [0, 0.05) is 0 Å². The first kappa shape index (κ1) is 14.5. The van der Waals surface area contributed by atoms with Crippen LogP contribution in [-0.4, -0.2) is 28.9 Å². The van der Waals surface area contributed by atoms with E-state index in [-0.39, 0.29) is 23.6 Å². The summed E-state index contributed by atoms with van der Waals surface area (Å²) in [6, 6.07) is 0.885. The van der Waals surface area contributed by atoms with E-state index in [1.807, 2.05) is 0 Å². The molecule has 122 valence electrons. The summed E-state index contributed by atoms with van der Waals surface area (Å²) in [5.41, 5.74) is 0.168. The van der Waals surface area contributed by atoms with Crippen LogP contribution in [0.15, 0.2) is 12.1 Å².